The molecule has 0 atom stereocenters. The lowest BCUT2D eigenvalue weighted by Crippen LogP contribution is -2.40. The van der Waals surface area contributed by atoms with Crippen LogP contribution in [-0.2, 0) is 11.2 Å². The first kappa shape index (κ1) is 24.1. The van der Waals surface area contributed by atoms with Crippen LogP contribution >= 0.6 is 11.8 Å². The van der Waals surface area contributed by atoms with Gasteiger partial charge in [-0.15, -0.1) is 0 Å². The fourth-order valence-corrected chi connectivity index (χ4v) is 5.65. The Morgan fingerprint density at radius 1 is 1.00 bits per heavy atom. The number of aromatic nitrogens is 2. The Kier molecular flexibility index (Phi) is 7.37. The van der Waals surface area contributed by atoms with Crippen LogP contribution in [0.25, 0.3) is 16.6 Å². The van der Waals surface area contributed by atoms with Crippen molar-refractivity contribution in [1.82, 2.24) is 14.5 Å². The summed E-state index contributed by atoms with van der Waals surface area (Å²) >= 11 is 1.31. The lowest BCUT2D eigenvalue weighted by atomic mass is 9.90. The summed E-state index contributed by atoms with van der Waals surface area (Å²) in [6, 6.07) is 25.2. The molecule has 1 amide bonds. The Balaban J connectivity index is 1.31. The predicted molar refractivity (Wildman–Crippen MR) is 144 cm³/mol. The lowest BCUT2D eigenvalue weighted by Gasteiger charge is -2.32. The number of rotatable bonds is 7. The molecule has 1 saturated heterocycles. The Labute approximate surface area is 214 Å². The maximum absolute atomic E-state index is 13.5. The summed E-state index contributed by atoms with van der Waals surface area (Å²) in [6.07, 6.45) is 3.08. The average Bonchev–Trinajstić information content (AvgIpc) is 2.93. The second-order valence-corrected chi connectivity index (χ2v) is 10.00. The number of thioether (sulfide) groups is 1. The minimum absolute atomic E-state index is 0.0813. The van der Waals surface area contributed by atoms with Crippen LogP contribution in [0.5, 0.6) is 5.75 Å². The molecule has 0 unspecified atom stereocenters. The fourth-order valence-electron chi connectivity index (χ4n) is 4.74. The second kappa shape index (κ2) is 11.0. The summed E-state index contributed by atoms with van der Waals surface area (Å²) in [5, 5.41) is 1.04. The van der Waals surface area contributed by atoms with Gasteiger partial charge < -0.3 is 9.64 Å². The molecule has 1 aliphatic rings. The third-order valence-corrected chi connectivity index (χ3v) is 7.64. The van der Waals surface area contributed by atoms with Gasteiger partial charge >= 0.3 is 0 Å². The molecule has 1 aromatic heterocycles. The van der Waals surface area contributed by atoms with Crippen molar-refractivity contribution in [3.05, 3.63) is 94.8 Å². The quantitative estimate of drug-likeness (QED) is 0.265. The standard InChI is InChI=1S/C29H29N3O3S/c1-35-24-11-7-10-23(19-24)32-28(34)25-12-5-6-13-26(25)30-29(32)36-20-27(33)31-16-14-22(15-17-31)18-21-8-3-2-4-9-21/h2-13,19,22H,14-18,20H2,1H3. The summed E-state index contributed by atoms with van der Waals surface area (Å²) in [7, 11) is 1.60. The maximum Gasteiger partial charge on any atom is 0.266 e. The van der Waals surface area contributed by atoms with Crippen molar-refractivity contribution in [1.29, 1.82) is 0 Å². The van der Waals surface area contributed by atoms with Crippen LogP contribution in [0.15, 0.2) is 88.8 Å². The average molecular weight is 500 g/mol. The van der Waals surface area contributed by atoms with Gasteiger partial charge in [-0.3, -0.25) is 14.2 Å². The molecule has 0 aliphatic carbocycles. The van der Waals surface area contributed by atoms with Crippen molar-refractivity contribution in [3.63, 3.8) is 0 Å². The molecule has 0 spiro atoms. The minimum Gasteiger partial charge on any atom is -0.497 e. The molecule has 0 saturated carbocycles. The molecule has 0 radical (unpaired) electrons. The van der Waals surface area contributed by atoms with E-state index in [2.05, 4.69) is 24.3 Å². The van der Waals surface area contributed by atoms with Crippen LogP contribution in [0, 0.1) is 5.92 Å². The summed E-state index contributed by atoms with van der Waals surface area (Å²) in [5.74, 6) is 1.57. The van der Waals surface area contributed by atoms with Crippen LogP contribution < -0.4 is 10.3 Å². The van der Waals surface area contributed by atoms with E-state index in [1.807, 2.05) is 47.4 Å². The largest absolute Gasteiger partial charge is 0.497 e. The number of likely N-dealkylation sites (tertiary alicyclic amines) is 1. The van der Waals surface area contributed by atoms with E-state index in [0.29, 0.717) is 33.4 Å². The van der Waals surface area contributed by atoms with E-state index in [-0.39, 0.29) is 17.2 Å². The summed E-state index contributed by atoms with van der Waals surface area (Å²) in [4.78, 5) is 33.3. The smallest absolute Gasteiger partial charge is 0.266 e. The number of hydrogen-bond donors (Lipinski definition) is 0. The molecule has 0 N–H and O–H groups in total. The number of para-hydroxylation sites is 1. The Hall–Kier alpha value is -3.58. The zero-order valence-electron chi connectivity index (χ0n) is 20.3. The van der Waals surface area contributed by atoms with Gasteiger partial charge in [0.25, 0.3) is 5.56 Å². The number of piperidine rings is 1. The number of ether oxygens (including phenoxy) is 1. The van der Waals surface area contributed by atoms with E-state index in [4.69, 9.17) is 9.72 Å². The molecule has 7 heteroatoms. The highest BCUT2D eigenvalue weighted by Crippen LogP contribution is 2.26. The Morgan fingerprint density at radius 2 is 1.75 bits per heavy atom. The van der Waals surface area contributed by atoms with Gasteiger partial charge in [0.15, 0.2) is 5.16 Å². The lowest BCUT2D eigenvalue weighted by molar-refractivity contribution is -0.129. The molecule has 5 rings (SSSR count). The summed E-state index contributed by atoms with van der Waals surface area (Å²) in [6.45, 7) is 1.54. The zero-order valence-corrected chi connectivity index (χ0v) is 21.1. The summed E-state index contributed by atoms with van der Waals surface area (Å²) < 4.78 is 6.94. The van der Waals surface area contributed by atoms with Gasteiger partial charge in [0.05, 0.1) is 29.5 Å². The van der Waals surface area contributed by atoms with Gasteiger partial charge in [0.1, 0.15) is 5.75 Å². The van der Waals surface area contributed by atoms with Crippen molar-refractivity contribution in [2.24, 2.45) is 5.92 Å². The monoisotopic (exact) mass is 499 g/mol. The van der Waals surface area contributed by atoms with Gasteiger partial charge in [-0.2, -0.15) is 0 Å². The Morgan fingerprint density at radius 3 is 2.53 bits per heavy atom. The van der Waals surface area contributed by atoms with Crippen LogP contribution in [0.4, 0.5) is 0 Å². The van der Waals surface area contributed by atoms with Crippen molar-refractivity contribution in [2.45, 2.75) is 24.4 Å². The first-order chi connectivity index (χ1) is 17.6. The molecule has 184 valence electrons. The minimum atomic E-state index is -0.162. The summed E-state index contributed by atoms with van der Waals surface area (Å²) in [5.41, 5.74) is 2.48. The number of carbonyl (C=O) groups is 1. The van der Waals surface area contributed by atoms with E-state index in [0.717, 1.165) is 32.4 Å². The predicted octanol–water partition coefficient (Wildman–Crippen LogP) is 4.97. The number of nitrogens with zero attached hydrogens (tertiary/aromatic N) is 3. The normalized spacial score (nSPS) is 14.2. The molecule has 4 aromatic rings. The van der Waals surface area contributed by atoms with Crippen LogP contribution in [0.1, 0.15) is 18.4 Å². The number of carbonyl (C=O) groups excluding carboxylic acids is 1. The second-order valence-electron chi connectivity index (χ2n) is 9.06. The highest BCUT2D eigenvalue weighted by atomic mass is 32.2. The SMILES string of the molecule is COc1cccc(-n2c(SCC(=O)N3CCC(Cc4ccccc4)CC3)nc3ccccc3c2=O)c1. The van der Waals surface area contributed by atoms with Crippen molar-refractivity contribution >= 4 is 28.6 Å². The molecule has 0 bridgehead atoms. The van der Waals surface area contributed by atoms with Crippen LogP contribution in [-0.4, -0.2) is 46.3 Å². The topological polar surface area (TPSA) is 64.4 Å². The van der Waals surface area contributed by atoms with Crippen LogP contribution in [0.3, 0.4) is 0 Å². The van der Waals surface area contributed by atoms with Gasteiger partial charge in [0.2, 0.25) is 5.91 Å². The highest BCUT2D eigenvalue weighted by molar-refractivity contribution is 7.99. The number of methoxy groups -OCH3 is 1. The first-order valence-corrected chi connectivity index (χ1v) is 13.2. The first-order valence-electron chi connectivity index (χ1n) is 12.2. The third kappa shape index (κ3) is 5.31. The molecule has 2 heterocycles. The molecule has 6 nitrogen and oxygen atoms in total. The molecular formula is C29H29N3O3S. The molecule has 1 aliphatic heterocycles. The van der Waals surface area contributed by atoms with Gasteiger partial charge in [-0.1, -0.05) is 60.3 Å². The van der Waals surface area contributed by atoms with Crippen LogP contribution in [0.2, 0.25) is 0 Å². The van der Waals surface area contributed by atoms with E-state index < -0.39 is 0 Å². The molecule has 1 fully saturated rings. The van der Waals surface area contributed by atoms with E-state index in [1.165, 1.54) is 17.3 Å². The number of fused-ring (bicyclic) bond motifs is 1. The fraction of sp³-hybridized carbons (Fsp3) is 0.276. The van der Waals surface area contributed by atoms with Crippen molar-refractivity contribution in [2.75, 3.05) is 26.0 Å². The van der Waals surface area contributed by atoms with E-state index in [1.54, 1.807) is 23.8 Å². The number of hydrogen-bond acceptors (Lipinski definition) is 5. The molecule has 36 heavy (non-hydrogen) atoms. The van der Waals surface area contributed by atoms with Gasteiger partial charge in [0, 0.05) is 19.2 Å². The van der Waals surface area contributed by atoms with E-state index >= 15 is 0 Å². The number of benzene rings is 3. The third-order valence-electron chi connectivity index (χ3n) is 6.72. The highest BCUT2D eigenvalue weighted by Gasteiger charge is 2.24. The van der Waals surface area contributed by atoms with Crippen molar-refractivity contribution in [3.8, 4) is 11.4 Å². The zero-order chi connectivity index (χ0) is 24.9. The number of amides is 1. The Bertz CT molecular complexity index is 1410. The molecule has 3 aromatic carbocycles. The molecular weight excluding hydrogens is 470 g/mol. The van der Waals surface area contributed by atoms with Gasteiger partial charge in [-0.25, -0.2) is 4.98 Å². The maximum atomic E-state index is 13.5. The van der Waals surface area contributed by atoms with E-state index in [9.17, 15) is 9.59 Å². The van der Waals surface area contributed by atoms with Gasteiger partial charge in [-0.05, 0) is 55.0 Å². The van der Waals surface area contributed by atoms with Crippen molar-refractivity contribution < 1.29 is 9.53 Å².